The van der Waals surface area contributed by atoms with E-state index in [-0.39, 0.29) is 44.6 Å². The first kappa shape index (κ1) is 56.8. The molecule has 0 aliphatic heterocycles. The zero-order chi connectivity index (χ0) is 51.9. The molecule has 3 atom stereocenters. The van der Waals surface area contributed by atoms with E-state index in [4.69, 9.17) is 23.7 Å². The minimum absolute atomic E-state index is 0.0936. The van der Waals surface area contributed by atoms with Gasteiger partial charge in [-0.2, -0.15) is 0 Å². The Hall–Kier alpha value is -6.53. The first-order valence-electron chi connectivity index (χ1n) is 23.0. The number of carbonyl (C=O) groups is 9. The van der Waals surface area contributed by atoms with Crippen LogP contribution in [0.15, 0.2) is 48.5 Å². The quantitative estimate of drug-likeness (QED) is 0.0832. The summed E-state index contributed by atoms with van der Waals surface area (Å²) in [4.78, 5) is 117. The van der Waals surface area contributed by atoms with Crippen LogP contribution in [-0.4, -0.2) is 114 Å². The van der Waals surface area contributed by atoms with Crippen molar-refractivity contribution in [2.75, 3.05) is 19.7 Å². The highest BCUT2D eigenvalue weighted by Gasteiger charge is 2.33. The molecule has 0 saturated carbocycles. The van der Waals surface area contributed by atoms with Crippen LogP contribution in [0.2, 0.25) is 0 Å². The highest BCUT2D eigenvalue weighted by Crippen LogP contribution is 2.44. The number of benzene rings is 2. The number of nitrogens with one attached hydrogen (secondary N) is 5. The fourth-order valence-electron chi connectivity index (χ4n) is 6.93. The molecule has 0 bridgehead atoms. The highest BCUT2D eigenvalue weighted by atomic mass is 16.6. The summed E-state index contributed by atoms with van der Waals surface area (Å²) < 4.78 is 27.2. The molecule has 5 N–H and O–H groups in total. The summed E-state index contributed by atoms with van der Waals surface area (Å²) in [5, 5.41) is 12.3. The lowest BCUT2D eigenvalue weighted by Gasteiger charge is -2.25. The Labute approximate surface area is 404 Å². The van der Waals surface area contributed by atoms with Crippen molar-refractivity contribution in [1.82, 2.24) is 26.6 Å². The number of ether oxygens (including phenoxy) is 5. The van der Waals surface area contributed by atoms with Crippen LogP contribution in [0.5, 0.6) is 0 Å². The largest absolute Gasteiger partial charge is 0.460 e. The first-order chi connectivity index (χ1) is 31.9. The maximum Gasteiger partial charge on any atom is 0.407 e. The molecule has 5 amide bonds. The molecule has 2 aromatic carbocycles. The van der Waals surface area contributed by atoms with Crippen LogP contribution in [-0.2, 0) is 62.0 Å². The van der Waals surface area contributed by atoms with E-state index in [0.717, 1.165) is 22.3 Å². The minimum Gasteiger partial charge on any atom is -0.460 e. The van der Waals surface area contributed by atoms with Gasteiger partial charge >= 0.3 is 30.0 Å². The van der Waals surface area contributed by atoms with Crippen molar-refractivity contribution in [3.8, 4) is 11.1 Å². The third kappa shape index (κ3) is 21.1. The second-order valence-corrected chi connectivity index (χ2v) is 20.6. The van der Waals surface area contributed by atoms with Gasteiger partial charge in [-0.15, -0.1) is 0 Å². The Morgan fingerprint density at radius 2 is 0.870 bits per heavy atom. The van der Waals surface area contributed by atoms with Gasteiger partial charge in [0.25, 0.3) is 0 Å². The molecule has 19 nitrogen and oxygen atoms in total. The number of fused-ring (bicyclic) bond motifs is 3. The van der Waals surface area contributed by atoms with Gasteiger partial charge in [-0.05, 0) is 125 Å². The number of hydrogen-bond acceptors (Lipinski definition) is 14. The summed E-state index contributed by atoms with van der Waals surface area (Å²) in [6.45, 7) is 18.6. The monoisotopic (exact) mass is 965 g/mol. The molecular formula is C50H71N5O14. The van der Waals surface area contributed by atoms with Crippen LogP contribution < -0.4 is 26.6 Å². The van der Waals surface area contributed by atoms with E-state index < -0.39 is 114 Å². The van der Waals surface area contributed by atoms with Gasteiger partial charge in [0.05, 0.1) is 13.1 Å². The van der Waals surface area contributed by atoms with E-state index >= 15 is 0 Å². The van der Waals surface area contributed by atoms with Crippen molar-refractivity contribution < 1.29 is 66.8 Å². The van der Waals surface area contributed by atoms with Crippen LogP contribution in [0.1, 0.15) is 139 Å². The smallest absolute Gasteiger partial charge is 0.407 e. The van der Waals surface area contributed by atoms with Gasteiger partial charge in [0.1, 0.15) is 47.1 Å². The Kier molecular flexibility index (Phi) is 20.3. The Morgan fingerprint density at radius 1 is 0.478 bits per heavy atom. The summed E-state index contributed by atoms with van der Waals surface area (Å²) >= 11 is 0. The summed E-state index contributed by atoms with van der Waals surface area (Å²) in [5.74, 6) is -6.35. The zero-order valence-corrected chi connectivity index (χ0v) is 42.0. The second kappa shape index (κ2) is 24.7. The average Bonchev–Trinajstić information content (AvgIpc) is 3.53. The zero-order valence-electron chi connectivity index (χ0n) is 42.0. The molecule has 1 aliphatic rings. The summed E-state index contributed by atoms with van der Waals surface area (Å²) in [7, 11) is 0. The molecule has 0 heterocycles. The Morgan fingerprint density at radius 3 is 1.29 bits per heavy atom. The molecule has 0 spiro atoms. The molecule has 0 fully saturated rings. The SMILES string of the molecule is CC(C)(C)OC(=O)CCC(NC(=O)CNC(=O)CCC(NC(=O)OCC1c2ccccc2-c2ccccc21)C(=O)NCC(=O)NC(CCC(=O)OC(C)(C)C)C(=O)OC(C)(C)C)C(=O)OC(C)(C)C. The minimum atomic E-state index is -1.45. The van der Waals surface area contributed by atoms with Gasteiger partial charge in [0, 0.05) is 25.2 Å². The van der Waals surface area contributed by atoms with Crippen LogP contribution >= 0.6 is 0 Å². The molecular weight excluding hydrogens is 895 g/mol. The van der Waals surface area contributed by atoms with E-state index in [1.54, 1.807) is 83.1 Å². The Bertz CT molecular complexity index is 2130. The van der Waals surface area contributed by atoms with E-state index in [1.165, 1.54) is 0 Å². The lowest BCUT2D eigenvalue weighted by Crippen LogP contribution is -2.52. The number of amides is 5. The number of carbonyl (C=O) groups excluding carboxylic acids is 9. The Balaban J connectivity index is 1.71. The van der Waals surface area contributed by atoms with Crippen molar-refractivity contribution in [1.29, 1.82) is 0 Å². The standard InChI is InChI=1S/C50H71N5O14/c1-47(2,3)66-41(59)25-22-36(44(62)68-49(7,8)9)53-39(57)27-51-38(56)24-21-35(55-46(64)65-29-34-32-19-15-13-17-30(32)31-18-14-16-20-33(31)34)43(61)52-28-40(58)54-37(45(63)69-50(10,11)12)23-26-42(60)67-48(4,5)6/h13-20,34-37H,21-29H2,1-12H3,(H,51,56)(H,52,61)(H,53,57)(H,54,58)(H,55,64). The molecule has 19 heteroatoms. The van der Waals surface area contributed by atoms with E-state index in [0.29, 0.717) is 0 Å². The topological polar surface area (TPSA) is 260 Å². The van der Waals surface area contributed by atoms with Gasteiger partial charge in [0.15, 0.2) is 0 Å². The third-order valence-electron chi connectivity index (χ3n) is 9.65. The van der Waals surface area contributed by atoms with Crippen molar-refractivity contribution in [3.63, 3.8) is 0 Å². The number of rotatable bonds is 21. The first-order valence-corrected chi connectivity index (χ1v) is 23.0. The van der Waals surface area contributed by atoms with Gasteiger partial charge in [0.2, 0.25) is 23.6 Å². The molecule has 0 radical (unpaired) electrons. The molecule has 1 aliphatic carbocycles. The maximum absolute atomic E-state index is 13.7. The molecule has 0 saturated heterocycles. The predicted octanol–water partition coefficient (Wildman–Crippen LogP) is 4.80. The molecule has 3 unspecified atom stereocenters. The van der Waals surface area contributed by atoms with E-state index in [2.05, 4.69) is 26.6 Å². The van der Waals surface area contributed by atoms with Crippen molar-refractivity contribution >= 4 is 53.6 Å². The average molecular weight is 966 g/mol. The van der Waals surface area contributed by atoms with Gasteiger partial charge in [-0.3, -0.25) is 28.8 Å². The predicted molar refractivity (Wildman–Crippen MR) is 253 cm³/mol. The summed E-state index contributed by atoms with van der Waals surface area (Å²) in [6, 6.07) is 11.4. The normalized spacial score (nSPS) is 13.7. The highest BCUT2D eigenvalue weighted by molar-refractivity contribution is 5.92. The van der Waals surface area contributed by atoms with E-state index in [9.17, 15) is 43.2 Å². The number of hydrogen-bond donors (Lipinski definition) is 5. The number of esters is 4. The summed E-state index contributed by atoms with van der Waals surface area (Å²) in [6.07, 6.45) is -2.51. The van der Waals surface area contributed by atoms with Crippen molar-refractivity contribution in [2.45, 2.75) is 168 Å². The molecule has 3 rings (SSSR count). The third-order valence-corrected chi connectivity index (χ3v) is 9.65. The van der Waals surface area contributed by atoms with Crippen LogP contribution in [0.25, 0.3) is 11.1 Å². The molecule has 380 valence electrons. The molecule has 2 aromatic rings. The fraction of sp³-hybridized carbons (Fsp3) is 0.580. The van der Waals surface area contributed by atoms with Crippen molar-refractivity contribution in [3.05, 3.63) is 59.7 Å². The van der Waals surface area contributed by atoms with Crippen molar-refractivity contribution in [2.24, 2.45) is 0 Å². The fourth-order valence-corrected chi connectivity index (χ4v) is 6.93. The number of alkyl carbamates (subject to hydrolysis) is 1. The van der Waals surface area contributed by atoms with Gasteiger partial charge < -0.3 is 50.3 Å². The van der Waals surface area contributed by atoms with Gasteiger partial charge in [-0.25, -0.2) is 14.4 Å². The lowest BCUT2D eigenvalue weighted by molar-refractivity contribution is -0.161. The molecule has 0 aromatic heterocycles. The summed E-state index contributed by atoms with van der Waals surface area (Å²) in [5.41, 5.74) is 0.488. The van der Waals surface area contributed by atoms with E-state index in [1.807, 2.05) is 48.5 Å². The van der Waals surface area contributed by atoms with Gasteiger partial charge in [-0.1, -0.05) is 48.5 Å². The maximum atomic E-state index is 13.7. The lowest BCUT2D eigenvalue weighted by atomic mass is 9.98. The second-order valence-electron chi connectivity index (χ2n) is 20.6. The van der Waals surface area contributed by atoms with Crippen LogP contribution in [0.4, 0.5) is 4.79 Å². The van der Waals surface area contributed by atoms with Crippen LogP contribution in [0, 0.1) is 0 Å². The van der Waals surface area contributed by atoms with Crippen LogP contribution in [0.3, 0.4) is 0 Å². The molecule has 69 heavy (non-hydrogen) atoms.